The number of hydrogen-bond acceptors (Lipinski definition) is 5. The number of nitro benzene ring substituents is 1. The van der Waals surface area contributed by atoms with Crippen LogP contribution in [-0.2, 0) is 0 Å². The standard InChI is InChI=1S/C14H22N4O3/c1-10(7-8-17(3)4)16-14(19)11-5-6-13(18(20)21)12(9-11)15-2/h5-6,9-10,15H,7-8H2,1-4H3,(H,16,19). The van der Waals surface area contributed by atoms with Crippen LogP contribution in [0.25, 0.3) is 0 Å². The highest BCUT2D eigenvalue weighted by Crippen LogP contribution is 2.24. The van der Waals surface area contributed by atoms with Crippen molar-refractivity contribution < 1.29 is 9.72 Å². The lowest BCUT2D eigenvalue weighted by atomic mass is 10.1. The largest absolute Gasteiger partial charge is 0.383 e. The summed E-state index contributed by atoms with van der Waals surface area (Å²) in [5, 5.41) is 16.5. The normalized spacial score (nSPS) is 12.0. The molecule has 116 valence electrons. The van der Waals surface area contributed by atoms with Crippen LogP contribution in [-0.4, -0.2) is 49.5 Å². The number of rotatable bonds is 7. The summed E-state index contributed by atoms with van der Waals surface area (Å²) in [5.41, 5.74) is 0.685. The predicted octanol–water partition coefficient (Wildman–Crippen LogP) is 1.71. The number of carbonyl (C=O) groups excluding carboxylic acids is 1. The van der Waals surface area contributed by atoms with E-state index in [0.717, 1.165) is 13.0 Å². The first-order valence-corrected chi connectivity index (χ1v) is 6.77. The fraction of sp³-hybridized carbons (Fsp3) is 0.500. The fourth-order valence-electron chi connectivity index (χ4n) is 1.87. The third-order valence-electron chi connectivity index (χ3n) is 3.11. The minimum absolute atomic E-state index is 0.0353. The summed E-state index contributed by atoms with van der Waals surface area (Å²) in [7, 11) is 5.54. The van der Waals surface area contributed by atoms with E-state index in [0.29, 0.717) is 11.3 Å². The van der Waals surface area contributed by atoms with Gasteiger partial charge in [-0.2, -0.15) is 0 Å². The number of carbonyl (C=O) groups is 1. The van der Waals surface area contributed by atoms with E-state index in [4.69, 9.17) is 0 Å². The molecule has 0 aliphatic rings. The Morgan fingerprint density at radius 3 is 2.62 bits per heavy atom. The molecule has 1 rings (SSSR count). The highest BCUT2D eigenvalue weighted by Gasteiger charge is 2.16. The van der Waals surface area contributed by atoms with Gasteiger partial charge in [-0.3, -0.25) is 14.9 Å². The smallest absolute Gasteiger partial charge is 0.292 e. The predicted molar refractivity (Wildman–Crippen MR) is 82.7 cm³/mol. The van der Waals surface area contributed by atoms with Gasteiger partial charge in [0.1, 0.15) is 5.69 Å². The molecule has 1 amide bonds. The molecule has 0 radical (unpaired) electrons. The van der Waals surface area contributed by atoms with E-state index in [9.17, 15) is 14.9 Å². The first-order chi connectivity index (χ1) is 9.85. The Kier molecular flexibility index (Phi) is 6.10. The Morgan fingerprint density at radius 2 is 2.10 bits per heavy atom. The first kappa shape index (κ1) is 16.9. The van der Waals surface area contributed by atoms with Gasteiger partial charge in [0.15, 0.2) is 0 Å². The Balaban J connectivity index is 2.76. The summed E-state index contributed by atoms with van der Waals surface area (Å²) >= 11 is 0. The summed E-state index contributed by atoms with van der Waals surface area (Å²) in [6, 6.07) is 4.33. The van der Waals surface area contributed by atoms with Crippen LogP contribution in [0.4, 0.5) is 11.4 Å². The van der Waals surface area contributed by atoms with Crippen LogP contribution in [0.2, 0.25) is 0 Å². The number of amides is 1. The van der Waals surface area contributed by atoms with Gasteiger partial charge in [-0.15, -0.1) is 0 Å². The van der Waals surface area contributed by atoms with E-state index in [1.54, 1.807) is 7.05 Å². The van der Waals surface area contributed by atoms with Crippen LogP contribution in [0, 0.1) is 10.1 Å². The molecule has 7 nitrogen and oxygen atoms in total. The molecule has 0 aliphatic carbocycles. The maximum atomic E-state index is 12.1. The van der Waals surface area contributed by atoms with Gasteiger partial charge in [-0.25, -0.2) is 0 Å². The van der Waals surface area contributed by atoms with Gasteiger partial charge in [0.25, 0.3) is 11.6 Å². The van der Waals surface area contributed by atoms with Crippen molar-refractivity contribution >= 4 is 17.3 Å². The minimum atomic E-state index is -0.479. The molecule has 7 heteroatoms. The maximum absolute atomic E-state index is 12.1. The lowest BCUT2D eigenvalue weighted by Gasteiger charge is -2.17. The topological polar surface area (TPSA) is 87.5 Å². The van der Waals surface area contributed by atoms with E-state index in [1.807, 2.05) is 25.9 Å². The molecule has 0 heterocycles. The zero-order valence-corrected chi connectivity index (χ0v) is 12.8. The van der Waals surface area contributed by atoms with Crippen molar-refractivity contribution in [3.05, 3.63) is 33.9 Å². The molecule has 1 unspecified atom stereocenters. The van der Waals surface area contributed by atoms with E-state index in [1.165, 1.54) is 18.2 Å². The van der Waals surface area contributed by atoms with Crippen molar-refractivity contribution in [1.29, 1.82) is 0 Å². The molecule has 0 saturated heterocycles. The van der Waals surface area contributed by atoms with Crippen molar-refractivity contribution in [2.45, 2.75) is 19.4 Å². The second-order valence-corrected chi connectivity index (χ2v) is 5.21. The quantitative estimate of drug-likeness (QED) is 0.590. The zero-order valence-electron chi connectivity index (χ0n) is 12.8. The van der Waals surface area contributed by atoms with Crippen LogP contribution in [0.1, 0.15) is 23.7 Å². The third-order valence-corrected chi connectivity index (χ3v) is 3.11. The third kappa shape index (κ3) is 5.03. The van der Waals surface area contributed by atoms with Gasteiger partial charge in [0.05, 0.1) is 4.92 Å². The molecular formula is C14H22N4O3. The molecule has 1 aromatic rings. The van der Waals surface area contributed by atoms with Crippen molar-refractivity contribution in [3.8, 4) is 0 Å². The van der Waals surface area contributed by atoms with E-state index >= 15 is 0 Å². The summed E-state index contributed by atoms with van der Waals surface area (Å²) in [6.45, 7) is 2.81. The average Bonchev–Trinajstić information content (AvgIpc) is 2.44. The average molecular weight is 294 g/mol. The molecule has 1 aromatic carbocycles. The second-order valence-electron chi connectivity index (χ2n) is 5.21. The van der Waals surface area contributed by atoms with Crippen LogP contribution >= 0.6 is 0 Å². The van der Waals surface area contributed by atoms with Gasteiger partial charge in [0, 0.05) is 24.7 Å². The van der Waals surface area contributed by atoms with E-state index < -0.39 is 4.92 Å². The van der Waals surface area contributed by atoms with Crippen LogP contribution in [0.3, 0.4) is 0 Å². The van der Waals surface area contributed by atoms with Crippen molar-refractivity contribution in [1.82, 2.24) is 10.2 Å². The number of benzene rings is 1. The molecule has 0 aromatic heterocycles. The van der Waals surface area contributed by atoms with Crippen molar-refractivity contribution in [3.63, 3.8) is 0 Å². The molecule has 0 aliphatic heterocycles. The van der Waals surface area contributed by atoms with Crippen LogP contribution < -0.4 is 10.6 Å². The lowest BCUT2D eigenvalue weighted by Crippen LogP contribution is -2.34. The maximum Gasteiger partial charge on any atom is 0.292 e. The van der Waals surface area contributed by atoms with Crippen LogP contribution in [0.15, 0.2) is 18.2 Å². The molecule has 0 saturated carbocycles. The van der Waals surface area contributed by atoms with Crippen molar-refractivity contribution in [2.75, 3.05) is 33.0 Å². The van der Waals surface area contributed by atoms with Gasteiger partial charge in [-0.05, 0) is 46.1 Å². The molecule has 1 atom stereocenters. The molecule has 0 fully saturated rings. The molecule has 2 N–H and O–H groups in total. The number of nitro groups is 1. The van der Waals surface area contributed by atoms with Gasteiger partial charge in [0.2, 0.25) is 0 Å². The Hall–Kier alpha value is -2.15. The zero-order chi connectivity index (χ0) is 16.0. The van der Waals surface area contributed by atoms with E-state index in [2.05, 4.69) is 10.6 Å². The summed E-state index contributed by atoms with van der Waals surface area (Å²) < 4.78 is 0. The number of hydrogen-bond donors (Lipinski definition) is 2. The first-order valence-electron chi connectivity index (χ1n) is 6.77. The summed E-state index contributed by atoms with van der Waals surface area (Å²) in [4.78, 5) is 24.5. The number of anilines is 1. The number of nitrogens with one attached hydrogen (secondary N) is 2. The second kappa shape index (κ2) is 7.58. The Morgan fingerprint density at radius 1 is 1.43 bits per heavy atom. The molecular weight excluding hydrogens is 272 g/mol. The fourth-order valence-corrected chi connectivity index (χ4v) is 1.87. The van der Waals surface area contributed by atoms with E-state index in [-0.39, 0.29) is 17.6 Å². The van der Waals surface area contributed by atoms with Gasteiger partial charge in [-0.1, -0.05) is 0 Å². The monoisotopic (exact) mass is 294 g/mol. The Bertz CT molecular complexity index is 517. The van der Waals surface area contributed by atoms with Crippen LogP contribution in [0.5, 0.6) is 0 Å². The van der Waals surface area contributed by atoms with Gasteiger partial charge < -0.3 is 15.5 Å². The molecule has 0 spiro atoms. The highest BCUT2D eigenvalue weighted by molar-refractivity contribution is 5.96. The summed E-state index contributed by atoms with van der Waals surface area (Å²) in [5.74, 6) is -0.229. The highest BCUT2D eigenvalue weighted by atomic mass is 16.6. The molecule has 0 bridgehead atoms. The minimum Gasteiger partial charge on any atom is -0.383 e. The van der Waals surface area contributed by atoms with Crippen molar-refractivity contribution in [2.24, 2.45) is 0 Å². The molecule has 21 heavy (non-hydrogen) atoms. The SMILES string of the molecule is CNc1cc(C(=O)NC(C)CCN(C)C)ccc1[N+](=O)[O-]. The summed E-state index contributed by atoms with van der Waals surface area (Å²) in [6.07, 6.45) is 0.838. The number of nitrogens with zero attached hydrogens (tertiary/aromatic N) is 2. The van der Waals surface area contributed by atoms with Gasteiger partial charge >= 0.3 is 0 Å². The lowest BCUT2D eigenvalue weighted by molar-refractivity contribution is -0.383. The Labute approximate surface area is 124 Å².